The molecule has 28 heavy (non-hydrogen) atoms. The highest BCUT2D eigenvalue weighted by molar-refractivity contribution is 6.35. The Kier molecular flexibility index (Phi) is 7.09. The highest BCUT2D eigenvalue weighted by atomic mass is 35.5. The Morgan fingerprint density at radius 3 is 2.61 bits per heavy atom. The van der Waals surface area contributed by atoms with Gasteiger partial charge in [-0.15, -0.1) is 0 Å². The number of carbonyl (C=O) groups excluding carboxylic acids is 2. The lowest BCUT2D eigenvalue weighted by Gasteiger charge is -2.21. The maximum Gasteiger partial charge on any atom is 0.339 e. The molecule has 2 rings (SSSR count). The molecule has 1 aromatic carbocycles. The highest BCUT2D eigenvalue weighted by Gasteiger charge is 2.32. The van der Waals surface area contributed by atoms with E-state index in [1.807, 2.05) is 6.92 Å². The maximum absolute atomic E-state index is 12.3. The van der Waals surface area contributed by atoms with Crippen molar-refractivity contribution in [1.29, 1.82) is 0 Å². The Morgan fingerprint density at radius 2 is 2.00 bits per heavy atom. The summed E-state index contributed by atoms with van der Waals surface area (Å²) in [5, 5.41) is 18.1. The maximum atomic E-state index is 12.3. The van der Waals surface area contributed by atoms with Crippen LogP contribution in [0.15, 0.2) is 18.2 Å². The van der Waals surface area contributed by atoms with Gasteiger partial charge in [0.05, 0.1) is 36.0 Å². The first kappa shape index (κ1) is 22.2. The molecule has 1 heterocycles. The van der Waals surface area contributed by atoms with Crippen LogP contribution in [-0.2, 0) is 20.7 Å². The predicted molar refractivity (Wildman–Crippen MR) is 107 cm³/mol. The lowest BCUT2D eigenvalue weighted by Crippen LogP contribution is -2.47. The summed E-state index contributed by atoms with van der Waals surface area (Å²) in [4.78, 5) is 24.0. The molecule has 0 aliphatic carbocycles. The number of nitrogens with one attached hydrogen (secondary N) is 1. The average molecular weight is 428 g/mol. The van der Waals surface area contributed by atoms with Crippen molar-refractivity contribution >= 4 is 35.1 Å². The van der Waals surface area contributed by atoms with Gasteiger partial charge < -0.3 is 15.2 Å². The summed E-state index contributed by atoms with van der Waals surface area (Å²) in [5.41, 5.74) is 1.03. The number of hydrogen-bond acceptors (Lipinski definition) is 5. The fourth-order valence-corrected chi connectivity index (χ4v) is 3.16. The molecular weight excluding hydrogens is 405 g/mol. The number of aromatic nitrogens is 2. The molecule has 152 valence electrons. The summed E-state index contributed by atoms with van der Waals surface area (Å²) >= 11 is 12.2. The van der Waals surface area contributed by atoms with Crippen LogP contribution in [0, 0.1) is 13.8 Å². The molecule has 2 N–H and O–H groups in total. The Labute approximate surface area is 173 Å². The van der Waals surface area contributed by atoms with Gasteiger partial charge in [0, 0.05) is 16.3 Å². The minimum Gasteiger partial charge on any atom is -0.464 e. The lowest BCUT2D eigenvalue weighted by atomic mass is 10.1. The van der Waals surface area contributed by atoms with Gasteiger partial charge in [0.2, 0.25) is 5.91 Å². The Morgan fingerprint density at radius 1 is 1.32 bits per heavy atom. The summed E-state index contributed by atoms with van der Waals surface area (Å²) in [6, 6.07) is 5.09. The van der Waals surface area contributed by atoms with Crippen molar-refractivity contribution in [3.63, 3.8) is 0 Å². The molecule has 1 aromatic heterocycles. The van der Waals surface area contributed by atoms with E-state index in [0.717, 1.165) is 11.3 Å². The van der Waals surface area contributed by atoms with Crippen LogP contribution in [0.25, 0.3) is 5.69 Å². The fourth-order valence-electron chi connectivity index (χ4n) is 2.67. The first-order chi connectivity index (χ1) is 13.1. The molecule has 0 radical (unpaired) electrons. The summed E-state index contributed by atoms with van der Waals surface area (Å²) in [5.74, 6) is -1.13. The van der Waals surface area contributed by atoms with Crippen molar-refractivity contribution in [2.75, 3.05) is 13.2 Å². The third-order valence-corrected chi connectivity index (χ3v) is 4.80. The van der Waals surface area contributed by atoms with E-state index in [9.17, 15) is 14.7 Å². The molecule has 9 heteroatoms. The molecular formula is C19H23Cl2N3O4. The van der Waals surface area contributed by atoms with Gasteiger partial charge in [-0.05, 0) is 45.9 Å². The van der Waals surface area contributed by atoms with Gasteiger partial charge in [0.1, 0.15) is 0 Å². The van der Waals surface area contributed by atoms with Gasteiger partial charge in [-0.2, -0.15) is 5.10 Å². The van der Waals surface area contributed by atoms with E-state index in [-0.39, 0.29) is 25.5 Å². The molecule has 0 aliphatic rings. The largest absolute Gasteiger partial charge is 0.464 e. The molecule has 7 nitrogen and oxygen atoms in total. The average Bonchev–Trinajstić information content (AvgIpc) is 2.88. The number of amides is 1. The van der Waals surface area contributed by atoms with Gasteiger partial charge >= 0.3 is 5.97 Å². The number of rotatable bonds is 7. The first-order valence-electron chi connectivity index (χ1n) is 8.73. The zero-order chi connectivity index (χ0) is 21.1. The second-order valence-corrected chi connectivity index (χ2v) is 7.45. The van der Waals surface area contributed by atoms with Crippen LogP contribution in [0.2, 0.25) is 10.0 Å². The van der Waals surface area contributed by atoms with Crippen LogP contribution >= 0.6 is 23.2 Å². The molecule has 0 saturated heterocycles. The molecule has 0 aliphatic heterocycles. The fraction of sp³-hybridized carbons (Fsp3) is 0.421. The van der Waals surface area contributed by atoms with Crippen molar-refractivity contribution in [1.82, 2.24) is 15.1 Å². The third-order valence-electron chi connectivity index (χ3n) is 4.26. The van der Waals surface area contributed by atoms with E-state index in [0.29, 0.717) is 21.4 Å². The number of aliphatic hydroxyl groups is 1. The van der Waals surface area contributed by atoms with Crippen molar-refractivity contribution < 1.29 is 19.4 Å². The predicted octanol–water partition coefficient (Wildman–Crippen LogP) is 2.77. The minimum absolute atomic E-state index is 0.0434. The Bertz CT molecular complexity index is 894. The van der Waals surface area contributed by atoms with Gasteiger partial charge in [-0.25, -0.2) is 9.48 Å². The number of benzene rings is 1. The number of esters is 1. The number of hydrogen-bond donors (Lipinski definition) is 2. The van der Waals surface area contributed by atoms with Crippen molar-refractivity contribution in [3.8, 4) is 5.69 Å². The molecule has 0 fully saturated rings. The van der Waals surface area contributed by atoms with Crippen molar-refractivity contribution in [2.24, 2.45) is 0 Å². The number of ether oxygens (including phenoxy) is 1. The molecule has 1 atom stereocenters. The normalized spacial score (nSPS) is 13.1. The number of aryl methyl sites for hydroxylation is 1. The van der Waals surface area contributed by atoms with Crippen molar-refractivity contribution in [2.45, 2.75) is 39.7 Å². The number of carbonyl (C=O) groups is 2. The Balaban J connectivity index is 2.13. The quantitative estimate of drug-likeness (QED) is 0.662. The van der Waals surface area contributed by atoms with Gasteiger partial charge in [0.15, 0.2) is 5.60 Å². The molecule has 1 amide bonds. The van der Waals surface area contributed by atoms with Gasteiger partial charge in [0.25, 0.3) is 0 Å². The third kappa shape index (κ3) is 5.04. The van der Waals surface area contributed by atoms with E-state index in [1.165, 1.54) is 6.92 Å². The van der Waals surface area contributed by atoms with E-state index >= 15 is 0 Å². The monoisotopic (exact) mass is 427 g/mol. The summed E-state index contributed by atoms with van der Waals surface area (Å²) in [7, 11) is 0. The van der Waals surface area contributed by atoms with Crippen LogP contribution in [0.3, 0.4) is 0 Å². The van der Waals surface area contributed by atoms with Crippen LogP contribution in [0.4, 0.5) is 0 Å². The SMILES string of the molecule is CCOC(=O)[C@](C)(O)CNC(=O)Cc1c(C)nn(-c2ccc(Cl)cc2Cl)c1C. The molecule has 0 unspecified atom stereocenters. The van der Waals surface area contributed by atoms with E-state index in [1.54, 1.807) is 36.7 Å². The Hall–Kier alpha value is -2.09. The zero-order valence-corrected chi connectivity index (χ0v) is 17.7. The number of halogens is 2. The highest BCUT2D eigenvalue weighted by Crippen LogP contribution is 2.27. The van der Waals surface area contributed by atoms with Crippen LogP contribution in [-0.4, -0.2) is 45.5 Å². The molecule has 0 bridgehead atoms. The topological polar surface area (TPSA) is 93.4 Å². The molecule has 2 aromatic rings. The lowest BCUT2D eigenvalue weighted by molar-refractivity contribution is -0.162. The zero-order valence-electron chi connectivity index (χ0n) is 16.2. The second kappa shape index (κ2) is 8.94. The smallest absolute Gasteiger partial charge is 0.339 e. The van der Waals surface area contributed by atoms with E-state index in [2.05, 4.69) is 10.4 Å². The standard InChI is InChI=1S/C19H23Cl2N3O4/c1-5-28-18(26)19(4,27)10-22-17(25)9-14-11(2)23-24(12(14)3)16-7-6-13(20)8-15(16)21/h6-8,27H,5,9-10H2,1-4H3,(H,22,25)/t19-/m1/s1. The first-order valence-corrected chi connectivity index (χ1v) is 9.49. The summed E-state index contributed by atoms with van der Waals surface area (Å²) in [6.07, 6.45) is 0.0434. The van der Waals surface area contributed by atoms with E-state index < -0.39 is 11.6 Å². The molecule has 0 saturated carbocycles. The second-order valence-electron chi connectivity index (χ2n) is 6.60. The van der Waals surface area contributed by atoms with Crippen molar-refractivity contribution in [3.05, 3.63) is 45.2 Å². The summed E-state index contributed by atoms with van der Waals surface area (Å²) < 4.78 is 6.45. The van der Waals surface area contributed by atoms with Crippen LogP contribution < -0.4 is 5.32 Å². The van der Waals surface area contributed by atoms with Gasteiger partial charge in [-0.3, -0.25) is 4.79 Å². The van der Waals surface area contributed by atoms with Crippen LogP contribution in [0.1, 0.15) is 30.8 Å². The minimum atomic E-state index is -1.79. The van der Waals surface area contributed by atoms with Gasteiger partial charge in [-0.1, -0.05) is 23.2 Å². The number of nitrogens with zero attached hydrogens (tertiary/aromatic N) is 2. The van der Waals surface area contributed by atoms with Crippen LogP contribution in [0.5, 0.6) is 0 Å². The molecule has 0 spiro atoms. The van der Waals surface area contributed by atoms with E-state index in [4.69, 9.17) is 27.9 Å². The summed E-state index contributed by atoms with van der Waals surface area (Å²) in [6.45, 7) is 6.46.